The molecule has 19 heavy (non-hydrogen) atoms. The number of nitrogens with zero attached hydrogens (tertiary/aromatic N) is 1. The van der Waals surface area contributed by atoms with Crippen LogP contribution in [0.4, 0.5) is 0 Å². The van der Waals surface area contributed by atoms with Crippen LogP contribution < -0.4 is 5.32 Å². The SMILES string of the molecule is CCCC(C)(CNC1CC1)CN1CCOC(C)(C)C1. The molecule has 3 heteroatoms. The zero-order valence-electron chi connectivity index (χ0n) is 13.3. The van der Waals surface area contributed by atoms with Gasteiger partial charge in [0.1, 0.15) is 0 Å². The predicted molar refractivity (Wildman–Crippen MR) is 80.5 cm³/mol. The highest BCUT2D eigenvalue weighted by molar-refractivity contribution is 4.89. The lowest BCUT2D eigenvalue weighted by Gasteiger charge is -2.43. The first-order chi connectivity index (χ1) is 8.92. The number of nitrogens with one attached hydrogen (secondary N) is 1. The standard InChI is InChI=1S/C16H32N2O/c1-5-8-16(4,11-17-14-6-7-14)13-18-9-10-19-15(2,3)12-18/h14,17H,5-13H2,1-4H3. The number of rotatable bonds is 7. The fourth-order valence-electron chi connectivity index (χ4n) is 3.29. The third-order valence-corrected chi connectivity index (χ3v) is 4.36. The molecule has 2 aliphatic rings. The third-order valence-electron chi connectivity index (χ3n) is 4.36. The van der Waals surface area contributed by atoms with Crippen LogP contribution in [0.3, 0.4) is 0 Å². The summed E-state index contributed by atoms with van der Waals surface area (Å²) in [5, 5.41) is 3.73. The summed E-state index contributed by atoms with van der Waals surface area (Å²) in [6.45, 7) is 14.6. The van der Waals surface area contributed by atoms with Crippen molar-refractivity contribution >= 4 is 0 Å². The predicted octanol–water partition coefficient (Wildman–Crippen LogP) is 2.66. The Balaban J connectivity index is 1.86. The van der Waals surface area contributed by atoms with Gasteiger partial charge in [-0.1, -0.05) is 20.3 Å². The minimum atomic E-state index is 0.0231. The second kappa shape index (κ2) is 6.11. The normalized spacial score (nSPS) is 27.2. The van der Waals surface area contributed by atoms with Gasteiger partial charge in [-0.2, -0.15) is 0 Å². The van der Waals surface area contributed by atoms with Gasteiger partial charge in [0.2, 0.25) is 0 Å². The molecule has 2 fully saturated rings. The number of morpholine rings is 1. The summed E-state index contributed by atoms with van der Waals surface area (Å²) in [7, 11) is 0. The van der Waals surface area contributed by atoms with Crippen molar-refractivity contribution in [2.45, 2.75) is 65.0 Å². The van der Waals surface area contributed by atoms with Gasteiger partial charge in [0.05, 0.1) is 12.2 Å². The van der Waals surface area contributed by atoms with Crippen LogP contribution in [0.5, 0.6) is 0 Å². The summed E-state index contributed by atoms with van der Waals surface area (Å²) in [6, 6.07) is 0.817. The Bertz CT molecular complexity index is 288. The van der Waals surface area contributed by atoms with Gasteiger partial charge in [-0.05, 0) is 38.5 Å². The molecule has 0 amide bonds. The summed E-state index contributed by atoms with van der Waals surface area (Å²) >= 11 is 0. The molecule has 1 aliphatic heterocycles. The van der Waals surface area contributed by atoms with E-state index in [-0.39, 0.29) is 5.60 Å². The van der Waals surface area contributed by atoms with Crippen LogP contribution in [0.15, 0.2) is 0 Å². The van der Waals surface area contributed by atoms with Gasteiger partial charge < -0.3 is 10.1 Å². The summed E-state index contributed by atoms with van der Waals surface area (Å²) in [5.41, 5.74) is 0.431. The molecule has 1 unspecified atom stereocenters. The number of ether oxygens (including phenoxy) is 1. The van der Waals surface area contributed by atoms with Gasteiger partial charge in [-0.3, -0.25) is 4.90 Å². The van der Waals surface area contributed by atoms with Crippen LogP contribution in [-0.2, 0) is 4.74 Å². The van der Waals surface area contributed by atoms with E-state index in [1.165, 1.54) is 38.8 Å². The molecule has 0 spiro atoms. The monoisotopic (exact) mass is 268 g/mol. The molecule has 112 valence electrons. The van der Waals surface area contributed by atoms with Gasteiger partial charge in [0.15, 0.2) is 0 Å². The Morgan fingerprint density at radius 2 is 2.11 bits per heavy atom. The Morgan fingerprint density at radius 3 is 2.68 bits per heavy atom. The van der Waals surface area contributed by atoms with Crippen LogP contribution in [-0.4, -0.2) is 49.3 Å². The van der Waals surface area contributed by atoms with E-state index in [1.54, 1.807) is 0 Å². The van der Waals surface area contributed by atoms with Crippen molar-refractivity contribution < 1.29 is 4.74 Å². The van der Waals surface area contributed by atoms with Crippen molar-refractivity contribution in [3.8, 4) is 0 Å². The molecule has 0 bridgehead atoms. The van der Waals surface area contributed by atoms with Crippen molar-refractivity contribution in [2.75, 3.05) is 32.8 Å². The second-order valence-electron chi connectivity index (χ2n) is 7.53. The molecular weight excluding hydrogens is 236 g/mol. The Morgan fingerprint density at radius 1 is 1.37 bits per heavy atom. The minimum Gasteiger partial charge on any atom is -0.373 e. The summed E-state index contributed by atoms with van der Waals surface area (Å²) in [4.78, 5) is 2.60. The third kappa shape index (κ3) is 5.05. The van der Waals surface area contributed by atoms with Gasteiger partial charge in [0.25, 0.3) is 0 Å². The molecule has 1 aliphatic carbocycles. The van der Waals surface area contributed by atoms with Crippen LogP contribution in [0.25, 0.3) is 0 Å². The molecule has 1 N–H and O–H groups in total. The van der Waals surface area contributed by atoms with E-state index in [4.69, 9.17) is 4.74 Å². The lowest BCUT2D eigenvalue weighted by Crippen LogP contribution is -2.52. The van der Waals surface area contributed by atoms with E-state index in [2.05, 4.69) is 37.9 Å². The summed E-state index contributed by atoms with van der Waals surface area (Å²) < 4.78 is 5.82. The lowest BCUT2D eigenvalue weighted by molar-refractivity contribution is -0.0938. The Labute approximate surface area is 119 Å². The lowest BCUT2D eigenvalue weighted by atomic mass is 9.84. The van der Waals surface area contributed by atoms with Crippen LogP contribution >= 0.6 is 0 Å². The van der Waals surface area contributed by atoms with Crippen molar-refractivity contribution in [1.82, 2.24) is 10.2 Å². The molecular formula is C16H32N2O. The van der Waals surface area contributed by atoms with Crippen LogP contribution in [0.1, 0.15) is 53.4 Å². The maximum atomic E-state index is 5.82. The van der Waals surface area contributed by atoms with Crippen molar-refractivity contribution in [3.05, 3.63) is 0 Å². The molecule has 0 radical (unpaired) electrons. The van der Waals surface area contributed by atoms with Crippen molar-refractivity contribution in [3.63, 3.8) is 0 Å². The highest BCUT2D eigenvalue weighted by Crippen LogP contribution is 2.28. The van der Waals surface area contributed by atoms with Crippen molar-refractivity contribution in [1.29, 1.82) is 0 Å². The average molecular weight is 268 g/mol. The first-order valence-electron chi connectivity index (χ1n) is 8.02. The average Bonchev–Trinajstić information content (AvgIpc) is 3.09. The molecule has 1 saturated carbocycles. The molecule has 0 aromatic heterocycles. The fourth-order valence-corrected chi connectivity index (χ4v) is 3.29. The second-order valence-corrected chi connectivity index (χ2v) is 7.53. The van der Waals surface area contributed by atoms with E-state index in [0.29, 0.717) is 5.41 Å². The number of hydrogen-bond donors (Lipinski definition) is 1. The number of hydrogen-bond acceptors (Lipinski definition) is 3. The molecule has 2 rings (SSSR count). The Kier molecular flexibility index (Phi) is 4.91. The maximum absolute atomic E-state index is 5.82. The Hall–Kier alpha value is -0.120. The zero-order valence-corrected chi connectivity index (χ0v) is 13.3. The van der Waals surface area contributed by atoms with Gasteiger partial charge >= 0.3 is 0 Å². The van der Waals surface area contributed by atoms with Crippen molar-refractivity contribution in [2.24, 2.45) is 5.41 Å². The molecule has 1 saturated heterocycles. The molecule has 1 heterocycles. The summed E-state index contributed by atoms with van der Waals surface area (Å²) in [6.07, 6.45) is 5.35. The maximum Gasteiger partial charge on any atom is 0.0753 e. The molecule has 3 nitrogen and oxygen atoms in total. The first kappa shape index (κ1) is 15.3. The zero-order chi connectivity index (χ0) is 13.9. The quantitative estimate of drug-likeness (QED) is 0.768. The molecule has 1 atom stereocenters. The van der Waals surface area contributed by atoms with E-state index < -0.39 is 0 Å². The first-order valence-corrected chi connectivity index (χ1v) is 8.02. The van der Waals surface area contributed by atoms with E-state index in [0.717, 1.165) is 25.7 Å². The highest BCUT2D eigenvalue weighted by atomic mass is 16.5. The van der Waals surface area contributed by atoms with E-state index in [1.807, 2.05) is 0 Å². The minimum absolute atomic E-state index is 0.0231. The van der Waals surface area contributed by atoms with Crippen LogP contribution in [0.2, 0.25) is 0 Å². The topological polar surface area (TPSA) is 24.5 Å². The largest absolute Gasteiger partial charge is 0.373 e. The smallest absolute Gasteiger partial charge is 0.0753 e. The molecule has 0 aromatic rings. The van der Waals surface area contributed by atoms with Gasteiger partial charge in [0, 0.05) is 32.2 Å². The van der Waals surface area contributed by atoms with Gasteiger partial charge in [-0.15, -0.1) is 0 Å². The van der Waals surface area contributed by atoms with E-state index in [9.17, 15) is 0 Å². The highest BCUT2D eigenvalue weighted by Gasteiger charge is 2.33. The molecule has 0 aromatic carbocycles. The van der Waals surface area contributed by atoms with Gasteiger partial charge in [-0.25, -0.2) is 0 Å². The fraction of sp³-hybridized carbons (Fsp3) is 1.00. The summed E-state index contributed by atoms with van der Waals surface area (Å²) in [5.74, 6) is 0. The van der Waals surface area contributed by atoms with E-state index >= 15 is 0 Å². The van der Waals surface area contributed by atoms with Crippen LogP contribution in [0, 0.1) is 5.41 Å².